The molecule has 1 unspecified atom stereocenters. The van der Waals surface area contributed by atoms with Gasteiger partial charge in [0.2, 0.25) is 5.91 Å². The van der Waals surface area contributed by atoms with Gasteiger partial charge in [-0.15, -0.1) is 0 Å². The lowest BCUT2D eigenvalue weighted by molar-refractivity contribution is -0.123. The van der Waals surface area contributed by atoms with E-state index in [9.17, 15) is 4.79 Å². The Morgan fingerprint density at radius 1 is 1.21 bits per heavy atom. The number of likely N-dealkylation sites (tertiary alicyclic amines) is 1. The van der Waals surface area contributed by atoms with Crippen LogP contribution in [0.5, 0.6) is 5.75 Å². The molecule has 3 rings (SSSR count). The first-order chi connectivity index (χ1) is 11.5. The Morgan fingerprint density at radius 2 is 1.92 bits per heavy atom. The predicted octanol–water partition coefficient (Wildman–Crippen LogP) is 3.06. The number of hydrogen-bond donors (Lipinski definition) is 1. The van der Waals surface area contributed by atoms with Crippen molar-refractivity contribution in [3.63, 3.8) is 0 Å². The fourth-order valence-corrected chi connectivity index (χ4v) is 3.38. The van der Waals surface area contributed by atoms with E-state index < -0.39 is 0 Å². The molecule has 1 saturated carbocycles. The normalized spacial score (nSPS) is 20.6. The van der Waals surface area contributed by atoms with Gasteiger partial charge < -0.3 is 10.1 Å². The summed E-state index contributed by atoms with van der Waals surface area (Å²) in [7, 11) is 0. The van der Waals surface area contributed by atoms with Crippen molar-refractivity contribution in [1.82, 2.24) is 10.2 Å². The number of piperidine rings is 1. The molecule has 2 fully saturated rings. The highest BCUT2D eigenvalue weighted by Gasteiger charge is 2.29. The molecular formula is C20H30N2O2. The summed E-state index contributed by atoms with van der Waals surface area (Å²) < 4.78 is 6.12. The van der Waals surface area contributed by atoms with Crippen LogP contribution in [-0.4, -0.2) is 42.6 Å². The molecule has 1 N–H and O–H groups in total. The monoisotopic (exact) mass is 330 g/mol. The molecule has 1 aliphatic carbocycles. The summed E-state index contributed by atoms with van der Waals surface area (Å²) in [5, 5.41) is 3.14. The first kappa shape index (κ1) is 17.3. The molecule has 1 atom stereocenters. The number of hydrogen-bond acceptors (Lipinski definition) is 3. The van der Waals surface area contributed by atoms with Crippen LogP contribution in [0.3, 0.4) is 0 Å². The molecule has 0 radical (unpaired) electrons. The summed E-state index contributed by atoms with van der Waals surface area (Å²) in [5.74, 6) is 1.85. The number of rotatable bonds is 6. The van der Waals surface area contributed by atoms with Gasteiger partial charge >= 0.3 is 0 Å². The first-order valence-electron chi connectivity index (χ1n) is 9.27. The second-order valence-corrected chi connectivity index (χ2v) is 7.53. The van der Waals surface area contributed by atoms with Gasteiger partial charge in [-0.3, -0.25) is 9.69 Å². The van der Waals surface area contributed by atoms with E-state index in [1.54, 1.807) is 0 Å². The van der Waals surface area contributed by atoms with Crippen molar-refractivity contribution >= 4 is 5.91 Å². The maximum Gasteiger partial charge on any atom is 0.234 e. The molecule has 1 saturated heterocycles. The number of nitrogens with one attached hydrogen (secondary N) is 1. The largest absolute Gasteiger partial charge is 0.490 e. The maximum absolute atomic E-state index is 12.1. The van der Waals surface area contributed by atoms with Crippen molar-refractivity contribution < 1.29 is 9.53 Å². The number of amides is 1. The Bertz CT molecular complexity index is 575. The van der Waals surface area contributed by atoms with Gasteiger partial charge in [-0.1, -0.05) is 6.07 Å². The van der Waals surface area contributed by atoms with Crippen LogP contribution in [0, 0.1) is 19.8 Å². The third-order valence-corrected chi connectivity index (χ3v) is 5.40. The molecule has 2 aliphatic rings. The maximum atomic E-state index is 12.1. The standard InChI is InChI=1S/C20H30N2O2/c1-14-4-7-19(12-15(14)2)24-18-8-10-22(11-9-18)13-20(23)21-16(3)17-5-6-17/h4,7,12,16-18H,5-6,8-11,13H2,1-3H3,(H,21,23). The fourth-order valence-electron chi connectivity index (χ4n) is 3.38. The molecule has 1 heterocycles. The summed E-state index contributed by atoms with van der Waals surface area (Å²) in [5.41, 5.74) is 2.56. The lowest BCUT2D eigenvalue weighted by Gasteiger charge is -2.32. The zero-order chi connectivity index (χ0) is 17.1. The van der Waals surface area contributed by atoms with Crippen LogP contribution in [0.1, 0.15) is 43.7 Å². The zero-order valence-electron chi connectivity index (χ0n) is 15.2. The molecule has 132 valence electrons. The summed E-state index contributed by atoms with van der Waals surface area (Å²) in [4.78, 5) is 14.4. The average Bonchev–Trinajstić information content (AvgIpc) is 3.38. The molecule has 0 aromatic heterocycles. The van der Waals surface area contributed by atoms with Crippen LogP contribution in [0.4, 0.5) is 0 Å². The molecule has 0 bridgehead atoms. The Balaban J connectivity index is 1.40. The predicted molar refractivity (Wildman–Crippen MR) is 96.3 cm³/mol. The Labute approximate surface area is 145 Å². The van der Waals surface area contributed by atoms with Gasteiger partial charge in [0.1, 0.15) is 11.9 Å². The minimum atomic E-state index is 0.169. The third kappa shape index (κ3) is 4.73. The highest BCUT2D eigenvalue weighted by atomic mass is 16.5. The molecule has 1 amide bonds. The van der Waals surface area contributed by atoms with E-state index in [0.717, 1.165) is 31.7 Å². The molecular weight excluding hydrogens is 300 g/mol. The summed E-state index contributed by atoms with van der Waals surface area (Å²) in [6.45, 7) is 8.74. The lowest BCUT2D eigenvalue weighted by Crippen LogP contribution is -2.45. The number of carbonyl (C=O) groups is 1. The van der Waals surface area contributed by atoms with Crippen LogP contribution in [0.25, 0.3) is 0 Å². The Morgan fingerprint density at radius 3 is 2.54 bits per heavy atom. The Hall–Kier alpha value is -1.55. The number of nitrogens with zero attached hydrogens (tertiary/aromatic N) is 1. The van der Waals surface area contributed by atoms with Gasteiger partial charge in [0, 0.05) is 19.1 Å². The van der Waals surface area contributed by atoms with Gasteiger partial charge in [0.15, 0.2) is 0 Å². The van der Waals surface area contributed by atoms with Crippen molar-refractivity contribution in [2.24, 2.45) is 5.92 Å². The fraction of sp³-hybridized carbons (Fsp3) is 0.650. The van der Waals surface area contributed by atoms with Crippen LogP contribution in [0.15, 0.2) is 18.2 Å². The molecule has 1 aromatic carbocycles. The van der Waals surface area contributed by atoms with Crippen molar-refractivity contribution in [3.05, 3.63) is 29.3 Å². The van der Waals surface area contributed by atoms with Gasteiger partial charge in [-0.2, -0.15) is 0 Å². The number of aryl methyl sites for hydroxylation is 2. The van der Waals surface area contributed by atoms with Crippen LogP contribution in [-0.2, 0) is 4.79 Å². The average molecular weight is 330 g/mol. The van der Waals surface area contributed by atoms with Crippen LogP contribution in [0.2, 0.25) is 0 Å². The van der Waals surface area contributed by atoms with Crippen molar-refractivity contribution in [3.8, 4) is 5.75 Å². The van der Waals surface area contributed by atoms with Gasteiger partial charge in [-0.25, -0.2) is 0 Å². The minimum absolute atomic E-state index is 0.169. The van der Waals surface area contributed by atoms with E-state index in [-0.39, 0.29) is 12.0 Å². The third-order valence-electron chi connectivity index (χ3n) is 5.40. The molecule has 1 aromatic rings. The number of carbonyl (C=O) groups excluding carboxylic acids is 1. The number of ether oxygens (including phenoxy) is 1. The van der Waals surface area contributed by atoms with Crippen molar-refractivity contribution in [2.75, 3.05) is 19.6 Å². The van der Waals surface area contributed by atoms with Gasteiger partial charge in [0.05, 0.1) is 6.54 Å². The lowest BCUT2D eigenvalue weighted by atomic mass is 10.1. The van der Waals surface area contributed by atoms with Crippen molar-refractivity contribution in [2.45, 2.75) is 58.6 Å². The Kier molecular flexibility index (Phi) is 5.44. The summed E-state index contributed by atoms with van der Waals surface area (Å²) >= 11 is 0. The first-order valence-corrected chi connectivity index (χ1v) is 9.27. The molecule has 0 spiro atoms. The summed E-state index contributed by atoms with van der Waals surface area (Å²) in [6.07, 6.45) is 4.76. The SMILES string of the molecule is Cc1ccc(OC2CCN(CC(=O)NC(C)C3CC3)CC2)cc1C. The van der Waals surface area contributed by atoms with Gasteiger partial charge in [0.25, 0.3) is 0 Å². The van der Waals surface area contributed by atoms with E-state index in [1.165, 1.54) is 24.0 Å². The number of benzene rings is 1. The molecule has 4 nitrogen and oxygen atoms in total. The second-order valence-electron chi connectivity index (χ2n) is 7.53. The topological polar surface area (TPSA) is 41.6 Å². The van der Waals surface area contributed by atoms with E-state index in [2.05, 4.69) is 49.2 Å². The molecule has 1 aliphatic heterocycles. The van der Waals surface area contributed by atoms with Gasteiger partial charge in [-0.05, 0) is 75.6 Å². The van der Waals surface area contributed by atoms with Crippen molar-refractivity contribution in [1.29, 1.82) is 0 Å². The quantitative estimate of drug-likeness (QED) is 0.871. The second kappa shape index (κ2) is 7.56. The minimum Gasteiger partial charge on any atom is -0.490 e. The van der Waals surface area contributed by atoms with Crippen LogP contribution < -0.4 is 10.1 Å². The molecule has 24 heavy (non-hydrogen) atoms. The highest BCUT2D eigenvalue weighted by Crippen LogP contribution is 2.32. The van der Waals surface area contributed by atoms with Crippen LogP contribution >= 0.6 is 0 Å². The van der Waals surface area contributed by atoms with E-state index in [0.29, 0.717) is 18.5 Å². The van der Waals surface area contributed by atoms with E-state index in [4.69, 9.17) is 4.74 Å². The highest BCUT2D eigenvalue weighted by molar-refractivity contribution is 5.78. The smallest absolute Gasteiger partial charge is 0.234 e. The van der Waals surface area contributed by atoms with E-state index >= 15 is 0 Å². The summed E-state index contributed by atoms with van der Waals surface area (Å²) in [6, 6.07) is 6.63. The van der Waals surface area contributed by atoms with E-state index in [1.807, 2.05) is 0 Å². The zero-order valence-corrected chi connectivity index (χ0v) is 15.2. The molecule has 4 heteroatoms.